The van der Waals surface area contributed by atoms with Crippen molar-refractivity contribution < 1.29 is 4.74 Å². The lowest BCUT2D eigenvalue weighted by Crippen LogP contribution is -2.16. The number of ether oxygens (including phenoxy) is 1. The molecular weight excluding hydrogens is 338 g/mol. The Morgan fingerprint density at radius 1 is 1.25 bits per heavy atom. The Morgan fingerprint density at radius 2 is 2.17 bits per heavy atom. The van der Waals surface area contributed by atoms with E-state index in [1.54, 1.807) is 23.1 Å². The van der Waals surface area contributed by atoms with Crippen LogP contribution in [0.5, 0.6) is 0 Å². The third-order valence-corrected chi connectivity index (χ3v) is 6.07. The molecule has 1 saturated heterocycles. The Hall–Kier alpha value is -1.63. The maximum absolute atomic E-state index is 5.85. The minimum Gasteiger partial charge on any atom is -0.376 e. The van der Waals surface area contributed by atoms with Crippen molar-refractivity contribution in [2.24, 2.45) is 0 Å². The molecule has 0 N–H and O–H groups in total. The summed E-state index contributed by atoms with van der Waals surface area (Å²) >= 11 is 3.44. The van der Waals surface area contributed by atoms with Crippen molar-refractivity contribution in [1.82, 2.24) is 14.5 Å². The lowest BCUT2D eigenvalue weighted by molar-refractivity contribution is 0.0954. The summed E-state index contributed by atoms with van der Waals surface area (Å²) in [5, 5.41) is 4.19. The van der Waals surface area contributed by atoms with Crippen LogP contribution in [0.4, 0.5) is 0 Å². The van der Waals surface area contributed by atoms with Crippen LogP contribution in [-0.4, -0.2) is 27.2 Å². The van der Waals surface area contributed by atoms with Crippen molar-refractivity contribution in [2.45, 2.75) is 36.4 Å². The van der Waals surface area contributed by atoms with E-state index < -0.39 is 0 Å². The summed E-state index contributed by atoms with van der Waals surface area (Å²) in [4.78, 5) is 9.05. The number of thiazole rings is 1. The SMILES string of the molecule is c1ccc(-c2cnc(SCc3nccs3)n2CC2CCCO2)cc1. The van der Waals surface area contributed by atoms with Gasteiger partial charge in [-0.1, -0.05) is 42.1 Å². The van der Waals surface area contributed by atoms with Gasteiger partial charge >= 0.3 is 0 Å². The van der Waals surface area contributed by atoms with Gasteiger partial charge in [0, 0.05) is 18.2 Å². The first-order valence-corrected chi connectivity index (χ1v) is 10.0. The van der Waals surface area contributed by atoms with Gasteiger partial charge in [-0.2, -0.15) is 0 Å². The van der Waals surface area contributed by atoms with Gasteiger partial charge < -0.3 is 9.30 Å². The maximum atomic E-state index is 5.85. The number of nitrogens with zero attached hydrogens (tertiary/aromatic N) is 3. The van der Waals surface area contributed by atoms with E-state index in [1.165, 1.54) is 5.56 Å². The van der Waals surface area contributed by atoms with Crippen molar-refractivity contribution in [1.29, 1.82) is 0 Å². The molecule has 0 amide bonds. The van der Waals surface area contributed by atoms with Crippen molar-refractivity contribution >= 4 is 23.1 Å². The van der Waals surface area contributed by atoms with Gasteiger partial charge in [0.05, 0.1) is 30.3 Å². The monoisotopic (exact) mass is 357 g/mol. The highest BCUT2D eigenvalue weighted by atomic mass is 32.2. The molecule has 3 aromatic rings. The number of hydrogen-bond acceptors (Lipinski definition) is 5. The summed E-state index contributed by atoms with van der Waals surface area (Å²) in [7, 11) is 0. The zero-order chi connectivity index (χ0) is 16.2. The average Bonchev–Trinajstić information content (AvgIpc) is 3.37. The van der Waals surface area contributed by atoms with Gasteiger partial charge in [0.25, 0.3) is 0 Å². The highest BCUT2D eigenvalue weighted by Crippen LogP contribution is 2.30. The number of hydrogen-bond donors (Lipinski definition) is 0. The van der Waals surface area contributed by atoms with Crippen LogP contribution in [-0.2, 0) is 17.0 Å². The summed E-state index contributed by atoms with van der Waals surface area (Å²) in [6.45, 7) is 1.74. The van der Waals surface area contributed by atoms with Crippen molar-refractivity contribution in [3.63, 3.8) is 0 Å². The van der Waals surface area contributed by atoms with Crippen LogP contribution >= 0.6 is 23.1 Å². The third kappa shape index (κ3) is 3.55. The molecule has 0 spiro atoms. The van der Waals surface area contributed by atoms with E-state index in [0.717, 1.165) is 47.6 Å². The Kier molecular flexibility index (Phi) is 4.96. The van der Waals surface area contributed by atoms with Crippen LogP contribution < -0.4 is 0 Å². The first kappa shape index (κ1) is 15.9. The molecule has 0 radical (unpaired) electrons. The van der Waals surface area contributed by atoms with Crippen LogP contribution in [0.3, 0.4) is 0 Å². The average molecular weight is 358 g/mol. The standard InChI is InChI=1S/C18H19N3OS2/c1-2-5-14(6-3-1)16-11-20-18(24-13-17-19-8-10-23-17)21(16)12-15-7-4-9-22-15/h1-3,5-6,8,10-11,15H,4,7,9,12-13H2. The summed E-state index contributed by atoms with van der Waals surface area (Å²) in [6.07, 6.45) is 6.41. The summed E-state index contributed by atoms with van der Waals surface area (Å²) in [5.74, 6) is 0.856. The second kappa shape index (κ2) is 7.51. The van der Waals surface area contributed by atoms with E-state index in [1.807, 2.05) is 23.8 Å². The van der Waals surface area contributed by atoms with Crippen LogP contribution in [0.2, 0.25) is 0 Å². The van der Waals surface area contributed by atoms with E-state index in [-0.39, 0.29) is 0 Å². The Labute approximate surface area is 149 Å². The van der Waals surface area contributed by atoms with Gasteiger partial charge in [-0.15, -0.1) is 11.3 Å². The topological polar surface area (TPSA) is 39.9 Å². The summed E-state index contributed by atoms with van der Waals surface area (Å²) in [5.41, 5.74) is 2.36. The molecule has 124 valence electrons. The summed E-state index contributed by atoms with van der Waals surface area (Å²) < 4.78 is 8.16. The molecule has 1 atom stereocenters. The molecule has 3 heterocycles. The van der Waals surface area contributed by atoms with E-state index >= 15 is 0 Å². The van der Waals surface area contributed by atoms with E-state index in [9.17, 15) is 0 Å². The molecule has 0 bridgehead atoms. The predicted molar refractivity (Wildman–Crippen MR) is 98.3 cm³/mol. The van der Waals surface area contributed by atoms with Gasteiger partial charge in [-0.25, -0.2) is 9.97 Å². The van der Waals surface area contributed by atoms with Crippen molar-refractivity contribution in [3.8, 4) is 11.3 Å². The van der Waals surface area contributed by atoms with Gasteiger partial charge in [0.1, 0.15) is 5.01 Å². The van der Waals surface area contributed by atoms with Gasteiger partial charge in [-0.3, -0.25) is 0 Å². The Bertz CT molecular complexity index is 765. The number of thioether (sulfide) groups is 1. The first-order valence-electron chi connectivity index (χ1n) is 8.14. The lowest BCUT2D eigenvalue weighted by Gasteiger charge is -2.16. The van der Waals surface area contributed by atoms with Crippen molar-refractivity contribution in [3.05, 3.63) is 53.1 Å². The van der Waals surface area contributed by atoms with Gasteiger partial charge in [0.2, 0.25) is 0 Å². The molecular formula is C18H19N3OS2. The van der Waals surface area contributed by atoms with Crippen LogP contribution in [0, 0.1) is 0 Å². The van der Waals surface area contributed by atoms with E-state index in [0.29, 0.717) is 6.10 Å². The largest absolute Gasteiger partial charge is 0.376 e. The molecule has 6 heteroatoms. The van der Waals surface area contributed by atoms with Gasteiger partial charge in [-0.05, 0) is 18.4 Å². The zero-order valence-electron chi connectivity index (χ0n) is 13.3. The molecule has 1 aliphatic rings. The molecule has 1 unspecified atom stereocenters. The molecule has 1 fully saturated rings. The minimum atomic E-state index is 0.292. The fourth-order valence-corrected chi connectivity index (χ4v) is 4.56. The zero-order valence-corrected chi connectivity index (χ0v) is 14.9. The quantitative estimate of drug-likeness (QED) is 0.610. The lowest BCUT2D eigenvalue weighted by atomic mass is 10.1. The summed E-state index contributed by atoms with van der Waals surface area (Å²) in [6, 6.07) is 10.5. The Balaban J connectivity index is 1.61. The first-order chi connectivity index (χ1) is 11.9. The molecule has 24 heavy (non-hydrogen) atoms. The number of aromatic nitrogens is 3. The van der Waals surface area contributed by atoms with Crippen LogP contribution in [0.15, 0.2) is 53.3 Å². The van der Waals surface area contributed by atoms with Crippen LogP contribution in [0.1, 0.15) is 17.8 Å². The second-order valence-corrected chi connectivity index (χ2v) is 7.67. The fourth-order valence-electron chi connectivity index (χ4n) is 2.93. The molecule has 1 aliphatic heterocycles. The number of benzene rings is 1. The predicted octanol–water partition coefficient (Wildman–Crippen LogP) is 4.48. The highest BCUT2D eigenvalue weighted by Gasteiger charge is 2.20. The molecule has 4 rings (SSSR count). The third-order valence-electron chi connectivity index (χ3n) is 4.11. The highest BCUT2D eigenvalue weighted by molar-refractivity contribution is 7.98. The normalized spacial score (nSPS) is 17.4. The molecule has 4 nitrogen and oxygen atoms in total. The number of imidazole rings is 1. The molecule has 0 saturated carbocycles. The van der Waals surface area contributed by atoms with E-state index in [2.05, 4.69) is 38.8 Å². The second-order valence-electron chi connectivity index (χ2n) is 5.75. The number of rotatable bonds is 6. The van der Waals surface area contributed by atoms with Gasteiger partial charge in [0.15, 0.2) is 5.16 Å². The molecule has 0 aliphatic carbocycles. The smallest absolute Gasteiger partial charge is 0.168 e. The van der Waals surface area contributed by atoms with E-state index in [4.69, 9.17) is 4.74 Å². The van der Waals surface area contributed by atoms with Crippen molar-refractivity contribution in [2.75, 3.05) is 6.61 Å². The molecule has 2 aromatic heterocycles. The van der Waals surface area contributed by atoms with Crippen LogP contribution in [0.25, 0.3) is 11.3 Å². The molecule has 1 aromatic carbocycles. The maximum Gasteiger partial charge on any atom is 0.168 e. The minimum absolute atomic E-state index is 0.292. The Morgan fingerprint density at radius 3 is 2.92 bits per heavy atom. The fraction of sp³-hybridized carbons (Fsp3) is 0.333.